The molecule has 35 heteroatoms. The number of methoxy groups -OCH3 is 1. The van der Waals surface area contributed by atoms with Crippen LogP contribution in [0.15, 0.2) is 62.9 Å². The minimum Gasteiger partial charge on any atom is -0.492 e. The number of Topliss-reactive ketones (excluding diaryl/α,β-unsaturated/α-hetero) is 4. The number of hydrogen-bond donors (Lipinski definition) is 10. The molecular weight excluding hydrogens is 1240 g/mol. The number of hydrogen-bond acceptors (Lipinski definition) is 25. The van der Waals surface area contributed by atoms with Crippen LogP contribution in [0.3, 0.4) is 0 Å². The van der Waals surface area contributed by atoms with Crippen molar-refractivity contribution < 1.29 is 86.8 Å². The summed E-state index contributed by atoms with van der Waals surface area (Å²) in [5.74, 6) is -12.5. The van der Waals surface area contributed by atoms with Gasteiger partial charge in [0.05, 0.1) is 72.5 Å². The molecule has 3 unspecified atom stereocenters. The lowest BCUT2D eigenvalue weighted by molar-refractivity contribution is -0.192. The molecule has 0 saturated carbocycles. The predicted molar refractivity (Wildman–Crippen MR) is 323 cm³/mol. The molecule has 0 bridgehead atoms. The number of nitrogens with zero attached hydrogens (tertiary/aromatic N) is 7. The van der Waals surface area contributed by atoms with E-state index in [0.717, 1.165) is 16.7 Å². The van der Waals surface area contributed by atoms with Crippen LogP contribution in [0.25, 0.3) is 11.2 Å². The number of nitrogen functional groups attached to an aromatic ring is 1. The van der Waals surface area contributed by atoms with E-state index in [2.05, 4.69) is 40.9 Å². The Hall–Kier alpha value is -10.4. The van der Waals surface area contributed by atoms with Gasteiger partial charge in [0.1, 0.15) is 12.4 Å². The van der Waals surface area contributed by atoms with Crippen LogP contribution in [0.4, 0.5) is 16.4 Å². The number of anilines is 2. The maximum atomic E-state index is 13.9. The van der Waals surface area contributed by atoms with Crippen LogP contribution in [0.2, 0.25) is 0 Å². The summed E-state index contributed by atoms with van der Waals surface area (Å²) < 4.78 is 10.5. The average Bonchev–Trinajstić information content (AvgIpc) is 1.49. The molecule has 496 valence electrons. The normalized spacial score (nSPS) is 20.3. The minimum absolute atomic E-state index is 0.0133. The number of H-pyrrole nitrogens is 1. The fourth-order valence-corrected chi connectivity index (χ4v) is 13.3. The largest absolute Gasteiger partial charge is 0.492 e. The van der Waals surface area contributed by atoms with Gasteiger partial charge in [-0.25, -0.2) is 14.8 Å². The molecule has 34 nitrogen and oxygen atoms in total. The highest BCUT2D eigenvalue weighted by molar-refractivity contribution is 8.00. The van der Waals surface area contributed by atoms with E-state index in [-0.39, 0.29) is 160 Å². The Morgan fingerprint density at radius 1 is 0.935 bits per heavy atom. The second kappa shape index (κ2) is 30.6. The summed E-state index contributed by atoms with van der Waals surface area (Å²) >= 11 is 0.807. The van der Waals surface area contributed by atoms with Crippen molar-refractivity contribution in [1.82, 2.24) is 45.3 Å². The van der Waals surface area contributed by atoms with Crippen molar-refractivity contribution in [3.63, 3.8) is 0 Å². The topological polar surface area (TPSA) is 531 Å². The number of thioether (sulfide) groups is 1. The molecule has 3 fully saturated rings. The molecule has 1 aliphatic carbocycles. The number of carbonyl (C=O) groups excluding carboxylic acids is 12. The van der Waals surface area contributed by atoms with Gasteiger partial charge >= 0.3 is 24.2 Å². The molecule has 5 aliphatic rings. The van der Waals surface area contributed by atoms with Crippen molar-refractivity contribution in [3.8, 4) is 0 Å². The van der Waals surface area contributed by atoms with Gasteiger partial charge in [0.25, 0.3) is 11.5 Å². The number of benzene rings is 1. The summed E-state index contributed by atoms with van der Waals surface area (Å²) in [5.41, 5.74) is 22.1. The highest BCUT2D eigenvalue weighted by Crippen LogP contribution is 2.59. The number of likely N-dealkylation sites (tertiary alicyclic amines) is 1. The maximum absolute atomic E-state index is 13.9. The van der Waals surface area contributed by atoms with E-state index in [0.29, 0.717) is 16.9 Å². The van der Waals surface area contributed by atoms with Crippen LogP contribution in [-0.2, 0) is 73.6 Å². The van der Waals surface area contributed by atoms with Gasteiger partial charge in [-0.1, -0.05) is 0 Å². The van der Waals surface area contributed by atoms with Gasteiger partial charge in [-0.05, 0) is 63.8 Å². The number of aromatic nitrogens is 4. The molecule has 8 atom stereocenters. The third kappa shape index (κ3) is 16.4. The van der Waals surface area contributed by atoms with E-state index in [9.17, 15) is 72.5 Å². The van der Waals surface area contributed by atoms with Crippen molar-refractivity contribution >= 4 is 117 Å². The standard InChI is InChI=1S/C57H69N15O17S.CO2/c1-26-44(79)43-41(45(80)46(26)88-3)33(24-89-56(61)87)57(2)47-35(23-71(43)57)72(47)38(75)9-6-16-70-39(76)20-37(52(70)84)90-25-29(53(85)86)18-36(74)34(19-40(77)78)67-50(82)28(7-4-15-63-54(58)59)17-32(73)8-5-14-62-49(81)27-10-12-30(13-11-27)64-21-31-22-65-48-42(66-31)51(83)69-55(60)68-48;2-1-3/h10-13,22,28-29,33-35,37,47,64H,4-9,14-21,23-25H2,1-3H3,(H2,61,87)(H,62,81)(H,67,82)(H,77,78)(H,85,86)(H4,58,59,63)(H3,60,65,68,69,83);/t28-,29+,33-,34+,35?,37?,47?,57+,72?;/m0./s1. The molecule has 14 N–H and O–H groups in total. The van der Waals surface area contributed by atoms with Gasteiger partial charge < -0.3 is 68.4 Å². The van der Waals surface area contributed by atoms with Crippen LogP contribution in [0.5, 0.6) is 0 Å². The van der Waals surface area contributed by atoms with Crippen LogP contribution < -0.4 is 44.4 Å². The molecule has 6 heterocycles. The number of primary amides is 1. The lowest BCUT2D eigenvalue weighted by atomic mass is 9.78. The van der Waals surface area contributed by atoms with Crippen molar-refractivity contribution in [1.29, 1.82) is 0 Å². The van der Waals surface area contributed by atoms with E-state index >= 15 is 0 Å². The number of aliphatic imine (C=N–C) groups is 1. The van der Waals surface area contributed by atoms with Crippen LogP contribution in [-0.4, -0.2) is 202 Å². The quantitative estimate of drug-likeness (QED) is 0.00843. The first kappa shape index (κ1) is 70.0. The number of aromatic amines is 1. The summed E-state index contributed by atoms with van der Waals surface area (Å²) in [6.07, 6.45) is -1.58. The Labute approximate surface area is 532 Å². The van der Waals surface area contributed by atoms with Gasteiger partial charge in [-0.15, -0.1) is 11.8 Å². The molecule has 93 heavy (non-hydrogen) atoms. The molecule has 0 spiro atoms. The molecule has 2 aromatic heterocycles. The summed E-state index contributed by atoms with van der Waals surface area (Å²) in [6, 6.07) is 3.83. The van der Waals surface area contributed by atoms with Gasteiger partial charge in [0, 0.05) is 98.3 Å². The highest BCUT2D eigenvalue weighted by Gasteiger charge is 2.74. The van der Waals surface area contributed by atoms with Gasteiger partial charge in [-0.2, -0.15) is 14.6 Å². The smallest absolute Gasteiger partial charge is 0.404 e. The monoisotopic (exact) mass is 1310 g/mol. The molecule has 6 amide bonds. The number of guanidine groups is 1. The lowest BCUT2D eigenvalue weighted by Gasteiger charge is -2.39. The predicted octanol–water partition coefficient (Wildman–Crippen LogP) is -1.57. The van der Waals surface area contributed by atoms with Crippen molar-refractivity contribution in [2.75, 3.05) is 56.7 Å². The van der Waals surface area contributed by atoms with Gasteiger partial charge in [-0.3, -0.25) is 72.4 Å². The van der Waals surface area contributed by atoms with E-state index < -0.39 is 124 Å². The third-order valence-electron chi connectivity index (χ3n) is 16.5. The number of fused-ring (bicyclic) bond motifs is 5. The van der Waals surface area contributed by atoms with E-state index in [1.807, 2.05) is 0 Å². The fourth-order valence-electron chi connectivity index (χ4n) is 12.0. The Kier molecular flexibility index (Phi) is 23.0. The lowest BCUT2D eigenvalue weighted by Crippen LogP contribution is -2.52. The molecule has 8 rings (SSSR count). The fraction of sp³-hybridized carbons (Fsp3) is 0.483. The number of ether oxygens (including phenoxy) is 2. The average molecular weight is 1310 g/mol. The number of carboxylic acids is 2. The van der Waals surface area contributed by atoms with Crippen molar-refractivity contribution in [2.45, 2.75) is 114 Å². The number of piperazine rings is 1. The van der Waals surface area contributed by atoms with E-state index in [4.69, 9.17) is 42.0 Å². The van der Waals surface area contributed by atoms with E-state index in [1.165, 1.54) is 20.2 Å². The Balaban J connectivity index is 0.00000400. The summed E-state index contributed by atoms with van der Waals surface area (Å²) in [6.45, 7) is 3.26. The minimum atomic E-state index is -1.74. The number of imide groups is 1. The molecule has 3 saturated heterocycles. The number of carbonyl (C=O) groups is 12. The molecule has 0 radical (unpaired) electrons. The Bertz CT molecular complexity index is 3710. The SMILES string of the molecule is COC1=C(C)C(=O)C2=C(C1=O)[C@H](COC(N)=O)[C@]1(C)C3C(CN21)N3C(=O)CCCN1C(=O)CC(SC[C@@H](CC(=O)[C@@H](CC(=O)O)NC(=O)[C@@H](CCCN=C(N)N)CC(=O)CCCNC(=O)c2ccc(NCc3cnc4nc(N)[nH]c(=O)c4n3)cc2)C(=O)O)C1=O.O=C=O. The molecule has 3 aromatic rings. The number of ketones is 4. The number of nitrogens with two attached hydrogens (primary N) is 4. The van der Waals surface area contributed by atoms with Crippen LogP contribution >= 0.6 is 11.8 Å². The number of carboxylic acid groups (broad SMARTS) is 2. The molecular formula is C58H69N15O19S. The number of rotatable bonds is 32. The van der Waals surface area contributed by atoms with E-state index in [1.54, 1.807) is 41.0 Å². The number of allylic oxidation sites excluding steroid dienone is 2. The second-order valence-corrected chi connectivity index (χ2v) is 23.8. The number of amides is 6. The van der Waals surface area contributed by atoms with Crippen LogP contribution in [0.1, 0.15) is 94.1 Å². The molecule has 1 aromatic carbocycles. The summed E-state index contributed by atoms with van der Waals surface area (Å²) in [4.78, 5) is 210. The number of aliphatic carboxylic acids is 2. The highest BCUT2D eigenvalue weighted by atomic mass is 32.2. The van der Waals surface area contributed by atoms with Crippen molar-refractivity contribution in [3.05, 3.63) is 74.7 Å². The third-order valence-corrected chi connectivity index (χ3v) is 17.9. The maximum Gasteiger partial charge on any atom is 0.404 e. The van der Waals surface area contributed by atoms with Crippen LogP contribution in [0, 0.1) is 17.8 Å². The van der Waals surface area contributed by atoms with Gasteiger partial charge in [0.2, 0.25) is 41.1 Å². The second-order valence-electron chi connectivity index (χ2n) is 22.5. The van der Waals surface area contributed by atoms with Gasteiger partial charge in [0.15, 0.2) is 28.7 Å². The zero-order chi connectivity index (χ0) is 68.2. The first-order valence-corrected chi connectivity index (χ1v) is 30.2. The molecule has 4 aliphatic heterocycles. The van der Waals surface area contributed by atoms with Crippen molar-refractivity contribution in [2.24, 2.45) is 39.9 Å². The summed E-state index contributed by atoms with van der Waals surface area (Å²) in [5, 5.41) is 27.2. The zero-order valence-corrected chi connectivity index (χ0v) is 51.4. The first-order valence-electron chi connectivity index (χ1n) is 29.2. The zero-order valence-electron chi connectivity index (χ0n) is 50.6. The Morgan fingerprint density at radius 3 is 2.30 bits per heavy atom. The first-order chi connectivity index (χ1) is 44.1. The summed E-state index contributed by atoms with van der Waals surface area (Å²) in [7, 11) is 1.26. The number of nitrogens with one attached hydrogen (secondary N) is 4. The Morgan fingerprint density at radius 2 is 1.65 bits per heavy atom.